The number of fused-ring (bicyclic) bond motifs is 1. The molecule has 0 aliphatic heterocycles. The van der Waals surface area contributed by atoms with Gasteiger partial charge in [-0.1, -0.05) is 32.0 Å². The van der Waals surface area contributed by atoms with Crippen molar-refractivity contribution in [3.05, 3.63) is 36.0 Å². The quantitative estimate of drug-likeness (QED) is 0.853. The van der Waals surface area contributed by atoms with E-state index in [1.807, 2.05) is 18.2 Å². The molecule has 0 amide bonds. The second-order valence-electron chi connectivity index (χ2n) is 4.94. The highest BCUT2D eigenvalue weighted by Gasteiger charge is 2.17. The Morgan fingerprint density at radius 1 is 1.19 bits per heavy atom. The molecule has 0 saturated carbocycles. The summed E-state index contributed by atoms with van der Waals surface area (Å²) in [4.78, 5) is 0. The van der Waals surface area contributed by atoms with Gasteiger partial charge in [-0.25, -0.2) is 0 Å². The lowest BCUT2D eigenvalue weighted by molar-refractivity contribution is 0.371. The molecular weight excluding hydrogens is 198 g/mol. The molecule has 16 heavy (non-hydrogen) atoms. The normalized spacial score (nSPS) is 11.9. The summed E-state index contributed by atoms with van der Waals surface area (Å²) < 4.78 is 0. The predicted octanol–water partition coefficient (Wildman–Crippen LogP) is 2.16. The molecule has 0 fully saturated rings. The van der Waals surface area contributed by atoms with E-state index in [-0.39, 0.29) is 5.41 Å². The predicted molar refractivity (Wildman–Crippen MR) is 66.1 cm³/mol. The van der Waals surface area contributed by atoms with Crippen molar-refractivity contribution in [3.8, 4) is 0 Å². The Labute approximate surface area is 95.7 Å². The number of hydrogen-bond donors (Lipinski definition) is 1. The number of nitrogens with two attached hydrogens (primary N) is 1. The van der Waals surface area contributed by atoms with Gasteiger partial charge in [-0.15, -0.1) is 0 Å². The Morgan fingerprint density at radius 3 is 2.69 bits per heavy atom. The summed E-state index contributed by atoms with van der Waals surface area (Å²) >= 11 is 0. The Balaban J connectivity index is 2.33. The molecule has 3 heteroatoms. The third-order valence-electron chi connectivity index (χ3n) is 2.76. The lowest BCUT2D eigenvalue weighted by Crippen LogP contribution is -2.26. The van der Waals surface area contributed by atoms with E-state index < -0.39 is 0 Å². The van der Waals surface area contributed by atoms with E-state index in [0.29, 0.717) is 6.54 Å². The average Bonchev–Trinajstić information content (AvgIpc) is 2.28. The summed E-state index contributed by atoms with van der Waals surface area (Å²) in [6, 6.07) is 10.1. The molecule has 2 aromatic rings. The largest absolute Gasteiger partial charge is 0.330 e. The molecule has 2 N–H and O–H groups in total. The van der Waals surface area contributed by atoms with Crippen molar-refractivity contribution < 1.29 is 0 Å². The maximum Gasteiger partial charge on any atom is 0.0929 e. The van der Waals surface area contributed by atoms with Crippen LogP contribution >= 0.6 is 0 Å². The lowest BCUT2D eigenvalue weighted by Gasteiger charge is -2.21. The fourth-order valence-electron chi connectivity index (χ4n) is 1.68. The maximum atomic E-state index is 5.72. The van der Waals surface area contributed by atoms with Crippen LogP contribution in [0.2, 0.25) is 0 Å². The third-order valence-corrected chi connectivity index (χ3v) is 2.76. The van der Waals surface area contributed by atoms with Crippen molar-refractivity contribution >= 4 is 10.9 Å². The molecule has 0 atom stereocenters. The van der Waals surface area contributed by atoms with Gasteiger partial charge in [0.25, 0.3) is 0 Å². The minimum absolute atomic E-state index is 0.0805. The van der Waals surface area contributed by atoms with E-state index >= 15 is 0 Å². The smallest absolute Gasteiger partial charge is 0.0929 e. The van der Waals surface area contributed by atoms with Crippen molar-refractivity contribution in [2.45, 2.75) is 20.3 Å². The lowest BCUT2D eigenvalue weighted by atomic mass is 9.88. The van der Waals surface area contributed by atoms with Gasteiger partial charge in [-0.05, 0) is 30.5 Å². The number of aromatic nitrogens is 2. The minimum atomic E-state index is 0.0805. The molecule has 0 aliphatic carbocycles. The molecule has 0 radical (unpaired) electrons. The topological polar surface area (TPSA) is 51.8 Å². The average molecular weight is 215 g/mol. The number of rotatable bonds is 3. The first-order chi connectivity index (χ1) is 7.61. The van der Waals surface area contributed by atoms with Gasteiger partial charge >= 0.3 is 0 Å². The minimum Gasteiger partial charge on any atom is -0.330 e. The summed E-state index contributed by atoms with van der Waals surface area (Å²) in [7, 11) is 0. The molecular formula is C13H17N3. The van der Waals surface area contributed by atoms with Crippen LogP contribution in [0.5, 0.6) is 0 Å². The Morgan fingerprint density at radius 2 is 1.94 bits per heavy atom. The zero-order valence-electron chi connectivity index (χ0n) is 9.77. The van der Waals surface area contributed by atoms with Gasteiger partial charge in [0.15, 0.2) is 0 Å². The van der Waals surface area contributed by atoms with Gasteiger partial charge in [0, 0.05) is 5.39 Å². The van der Waals surface area contributed by atoms with Gasteiger partial charge in [0.1, 0.15) is 0 Å². The van der Waals surface area contributed by atoms with E-state index in [0.717, 1.165) is 23.0 Å². The van der Waals surface area contributed by atoms with E-state index in [1.165, 1.54) is 0 Å². The number of nitrogens with zero attached hydrogens (tertiary/aromatic N) is 2. The number of benzene rings is 1. The second-order valence-corrected chi connectivity index (χ2v) is 4.94. The van der Waals surface area contributed by atoms with E-state index in [2.05, 4.69) is 36.2 Å². The SMILES string of the molecule is CC(C)(CN)Cc1cc2ccccc2nn1. The highest BCUT2D eigenvalue weighted by atomic mass is 15.1. The van der Waals surface area contributed by atoms with Crippen LogP contribution in [0.3, 0.4) is 0 Å². The molecule has 0 saturated heterocycles. The van der Waals surface area contributed by atoms with Crippen molar-refractivity contribution in [3.63, 3.8) is 0 Å². The molecule has 1 aromatic carbocycles. The fraction of sp³-hybridized carbons (Fsp3) is 0.385. The van der Waals surface area contributed by atoms with Gasteiger partial charge in [0.05, 0.1) is 11.2 Å². The first kappa shape index (κ1) is 11.0. The Bertz CT molecular complexity index is 491. The summed E-state index contributed by atoms with van der Waals surface area (Å²) in [5.41, 5.74) is 7.75. The zero-order chi connectivity index (χ0) is 11.6. The van der Waals surface area contributed by atoms with Gasteiger partial charge in [-0.3, -0.25) is 0 Å². The van der Waals surface area contributed by atoms with Crippen molar-refractivity contribution in [1.82, 2.24) is 10.2 Å². The van der Waals surface area contributed by atoms with Crippen LogP contribution in [0.1, 0.15) is 19.5 Å². The summed E-state index contributed by atoms with van der Waals surface area (Å²) in [5.74, 6) is 0. The Hall–Kier alpha value is -1.48. The molecule has 0 bridgehead atoms. The fourth-order valence-corrected chi connectivity index (χ4v) is 1.68. The standard InChI is InChI=1S/C13H17N3/c1-13(2,9-14)8-11-7-10-5-3-4-6-12(10)16-15-11/h3-7H,8-9,14H2,1-2H3. The van der Waals surface area contributed by atoms with Crippen LogP contribution in [0.4, 0.5) is 0 Å². The first-order valence-corrected chi connectivity index (χ1v) is 5.52. The monoisotopic (exact) mass is 215 g/mol. The molecule has 3 nitrogen and oxygen atoms in total. The highest BCUT2D eigenvalue weighted by molar-refractivity contribution is 5.77. The highest BCUT2D eigenvalue weighted by Crippen LogP contribution is 2.20. The third kappa shape index (κ3) is 2.36. The van der Waals surface area contributed by atoms with Crippen LogP contribution in [0, 0.1) is 5.41 Å². The Kier molecular flexibility index (Phi) is 2.88. The van der Waals surface area contributed by atoms with Crippen LogP contribution in [-0.2, 0) is 6.42 Å². The molecule has 1 heterocycles. The van der Waals surface area contributed by atoms with Crippen LogP contribution in [0.25, 0.3) is 10.9 Å². The molecule has 84 valence electrons. The maximum absolute atomic E-state index is 5.72. The van der Waals surface area contributed by atoms with Gasteiger partial charge < -0.3 is 5.73 Å². The molecule has 0 unspecified atom stereocenters. The summed E-state index contributed by atoms with van der Waals surface area (Å²) in [6.45, 7) is 4.94. The molecule has 0 spiro atoms. The van der Waals surface area contributed by atoms with E-state index in [9.17, 15) is 0 Å². The zero-order valence-corrected chi connectivity index (χ0v) is 9.77. The van der Waals surface area contributed by atoms with Crippen LogP contribution < -0.4 is 5.73 Å². The second kappa shape index (κ2) is 4.18. The molecule has 0 aliphatic rings. The molecule has 2 rings (SSSR count). The van der Waals surface area contributed by atoms with E-state index in [1.54, 1.807) is 0 Å². The number of hydrogen-bond acceptors (Lipinski definition) is 3. The summed E-state index contributed by atoms with van der Waals surface area (Å²) in [6.07, 6.45) is 0.862. The van der Waals surface area contributed by atoms with Crippen molar-refractivity contribution in [2.24, 2.45) is 11.1 Å². The van der Waals surface area contributed by atoms with E-state index in [4.69, 9.17) is 5.73 Å². The summed E-state index contributed by atoms with van der Waals surface area (Å²) in [5, 5.41) is 9.58. The first-order valence-electron chi connectivity index (χ1n) is 5.52. The van der Waals surface area contributed by atoms with Crippen LogP contribution in [0.15, 0.2) is 30.3 Å². The van der Waals surface area contributed by atoms with Gasteiger partial charge in [-0.2, -0.15) is 10.2 Å². The van der Waals surface area contributed by atoms with Gasteiger partial charge in [0.2, 0.25) is 0 Å². The van der Waals surface area contributed by atoms with Crippen LogP contribution in [-0.4, -0.2) is 16.7 Å². The molecule has 1 aromatic heterocycles. The van der Waals surface area contributed by atoms with Crippen molar-refractivity contribution in [1.29, 1.82) is 0 Å². The van der Waals surface area contributed by atoms with Crippen molar-refractivity contribution in [2.75, 3.05) is 6.54 Å².